The summed E-state index contributed by atoms with van der Waals surface area (Å²) >= 11 is 0. The molecular formula is C21H26N2O3. The molecule has 4 rings (SSSR count). The number of aliphatic hydroxyl groups is 2. The van der Waals surface area contributed by atoms with Crippen molar-refractivity contribution in [2.75, 3.05) is 19.6 Å². The van der Waals surface area contributed by atoms with Crippen LogP contribution in [0.1, 0.15) is 30.2 Å². The summed E-state index contributed by atoms with van der Waals surface area (Å²) in [4.78, 5) is 6.37. The fraction of sp³-hybridized carbons (Fsp3) is 0.476. The highest BCUT2D eigenvalue weighted by atomic mass is 16.3. The van der Waals surface area contributed by atoms with Crippen LogP contribution in [0.15, 0.2) is 48.7 Å². The number of hydrogen-bond donors (Lipinski definition) is 3. The van der Waals surface area contributed by atoms with E-state index in [1.807, 2.05) is 18.2 Å². The summed E-state index contributed by atoms with van der Waals surface area (Å²) < 4.78 is 0. The number of aromatic nitrogens is 1. The third-order valence-corrected chi connectivity index (χ3v) is 5.86. The molecule has 0 spiro atoms. The minimum Gasteiger partial charge on any atom is -0.506 e. The van der Waals surface area contributed by atoms with Gasteiger partial charge in [0, 0.05) is 26.1 Å². The molecule has 2 fully saturated rings. The molecule has 5 heteroatoms. The van der Waals surface area contributed by atoms with E-state index < -0.39 is 11.7 Å². The summed E-state index contributed by atoms with van der Waals surface area (Å²) in [5.41, 5.74) is 1.18. The molecule has 2 aromatic rings. The van der Waals surface area contributed by atoms with Gasteiger partial charge in [0.05, 0.1) is 17.5 Å². The van der Waals surface area contributed by atoms with Crippen LogP contribution < -0.4 is 0 Å². The summed E-state index contributed by atoms with van der Waals surface area (Å²) in [6, 6.07) is 13.4. The second kappa shape index (κ2) is 6.99. The molecule has 5 nitrogen and oxygen atoms in total. The van der Waals surface area contributed by atoms with Crippen molar-refractivity contribution in [1.82, 2.24) is 9.88 Å². The molecular weight excluding hydrogens is 328 g/mol. The number of aliphatic hydroxyl groups excluding tert-OH is 1. The summed E-state index contributed by atoms with van der Waals surface area (Å²) in [5.74, 6) is 1.08. The molecule has 0 bridgehead atoms. The number of β-amino-alcohol motifs (C(OH)–C–C–N with tert-alkyl or cyclic N) is 1. The Morgan fingerprint density at radius 2 is 1.77 bits per heavy atom. The largest absolute Gasteiger partial charge is 0.506 e. The number of fused-ring (bicyclic) bond motifs is 1. The van der Waals surface area contributed by atoms with Gasteiger partial charge in [-0.3, -0.25) is 9.88 Å². The molecule has 1 aliphatic carbocycles. The molecule has 1 aromatic carbocycles. The number of aromatic hydroxyl groups is 1. The zero-order valence-corrected chi connectivity index (χ0v) is 14.8. The third-order valence-electron chi connectivity index (χ3n) is 5.86. The predicted molar refractivity (Wildman–Crippen MR) is 98.6 cm³/mol. The maximum atomic E-state index is 11.0. The van der Waals surface area contributed by atoms with Crippen molar-refractivity contribution >= 4 is 0 Å². The van der Waals surface area contributed by atoms with E-state index in [1.165, 1.54) is 11.8 Å². The minimum absolute atomic E-state index is 0.106. The van der Waals surface area contributed by atoms with Crippen molar-refractivity contribution in [3.05, 3.63) is 59.9 Å². The Bertz CT molecular complexity index is 721. The van der Waals surface area contributed by atoms with Gasteiger partial charge in [0.1, 0.15) is 11.9 Å². The number of hydrogen-bond acceptors (Lipinski definition) is 5. The van der Waals surface area contributed by atoms with Crippen LogP contribution in [0.2, 0.25) is 0 Å². The van der Waals surface area contributed by atoms with E-state index in [0.717, 1.165) is 32.4 Å². The first-order chi connectivity index (χ1) is 12.5. The molecule has 1 aromatic heterocycles. The van der Waals surface area contributed by atoms with Gasteiger partial charge in [0.25, 0.3) is 0 Å². The van der Waals surface area contributed by atoms with Crippen LogP contribution in [-0.2, 0) is 6.42 Å². The van der Waals surface area contributed by atoms with Crippen LogP contribution in [0.5, 0.6) is 5.75 Å². The van der Waals surface area contributed by atoms with Crippen LogP contribution in [-0.4, -0.2) is 50.4 Å². The normalized spacial score (nSPS) is 29.6. The van der Waals surface area contributed by atoms with Gasteiger partial charge >= 0.3 is 0 Å². The lowest BCUT2D eigenvalue weighted by atomic mass is 9.91. The number of rotatable bonds is 5. The van der Waals surface area contributed by atoms with Crippen molar-refractivity contribution in [3.63, 3.8) is 0 Å². The van der Waals surface area contributed by atoms with Crippen LogP contribution in [0.25, 0.3) is 0 Å². The maximum absolute atomic E-state index is 11.0. The first-order valence-electron chi connectivity index (χ1n) is 9.32. The average Bonchev–Trinajstić information content (AvgIpc) is 3.10. The zero-order valence-electron chi connectivity index (χ0n) is 14.8. The van der Waals surface area contributed by atoms with Crippen molar-refractivity contribution in [2.45, 2.75) is 31.0 Å². The Labute approximate surface area is 153 Å². The van der Waals surface area contributed by atoms with E-state index in [2.05, 4.69) is 22.0 Å². The van der Waals surface area contributed by atoms with Gasteiger partial charge in [-0.2, -0.15) is 0 Å². The molecule has 0 amide bonds. The highest BCUT2D eigenvalue weighted by Gasteiger charge is 2.48. The molecule has 4 atom stereocenters. The van der Waals surface area contributed by atoms with Crippen molar-refractivity contribution in [1.29, 1.82) is 0 Å². The number of nitrogens with zero attached hydrogens (tertiary/aromatic N) is 2. The fourth-order valence-corrected chi connectivity index (χ4v) is 4.76. The SMILES string of the molecule is Oc1ccc(C(O)CN2C[C@@H]3CC(O)(Cc4ccccc4)C[C@@H]3C2)nc1. The molecule has 0 radical (unpaired) electrons. The molecule has 1 saturated carbocycles. The van der Waals surface area contributed by atoms with E-state index in [9.17, 15) is 15.3 Å². The van der Waals surface area contributed by atoms with E-state index in [1.54, 1.807) is 12.1 Å². The lowest BCUT2D eigenvalue weighted by molar-refractivity contribution is 0.0327. The Morgan fingerprint density at radius 1 is 1.08 bits per heavy atom. The second-order valence-corrected chi connectivity index (χ2v) is 7.99. The fourth-order valence-electron chi connectivity index (χ4n) is 4.76. The predicted octanol–water partition coefficient (Wildman–Crippen LogP) is 2.14. The summed E-state index contributed by atoms with van der Waals surface area (Å²) in [6.45, 7) is 2.37. The molecule has 2 aliphatic rings. The van der Waals surface area contributed by atoms with Crippen LogP contribution in [0.4, 0.5) is 0 Å². The van der Waals surface area contributed by atoms with Crippen LogP contribution in [0.3, 0.4) is 0 Å². The third kappa shape index (κ3) is 3.75. The topological polar surface area (TPSA) is 76.8 Å². The molecule has 1 saturated heterocycles. The van der Waals surface area contributed by atoms with Gasteiger partial charge in [-0.15, -0.1) is 0 Å². The number of likely N-dealkylation sites (tertiary alicyclic amines) is 1. The molecule has 2 heterocycles. The first kappa shape index (κ1) is 17.5. The van der Waals surface area contributed by atoms with Crippen molar-refractivity contribution < 1.29 is 15.3 Å². The first-order valence-corrected chi connectivity index (χ1v) is 9.32. The van der Waals surface area contributed by atoms with Crippen molar-refractivity contribution in [2.24, 2.45) is 11.8 Å². The lowest BCUT2D eigenvalue weighted by Gasteiger charge is -2.27. The molecule has 26 heavy (non-hydrogen) atoms. The lowest BCUT2D eigenvalue weighted by Crippen LogP contribution is -2.33. The Morgan fingerprint density at radius 3 is 2.38 bits per heavy atom. The highest BCUT2D eigenvalue weighted by molar-refractivity contribution is 5.20. The summed E-state index contributed by atoms with van der Waals surface area (Å²) in [7, 11) is 0. The van der Waals surface area contributed by atoms with E-state index in [-0.39, 0.29) is 5.75 Å². The van der Waals surface area contributed by atoms with Gasteiger partial charge < -0.3 is 15.3 Å². The smallest absolute Gasteiger partial charge is 0.133 e. The van der Waals surface area contributed by atoms with Crippen LogP contribution >= 0.6 is 0 Å². The second-order valence-electron chi connectivity index (χ2n) is 7.99. The Kier molecular flexibility index (Phi) is 4.69. The van der Waals surface area contributed by atoms with Gasteiger partial charge in [-0.25, -0.2) is 0 Å². The highest BCUT2D eigenvalue weighted by Crippen LogP contribution is 2.45. The van der Waals surface area contributed by atoms with Gasteiger partial charge in [-0.05, 0) is 42.4 Å². The van der Waals surface area contributed by atoms with Gasteiger partial charge in [0.2, 0.25) is 0 Å². The number of pyridine rings is 1. The van der Waals surface area contributed by atoms with E-state index in [4.69, 9.17) is 0 Å². The minimum atomic E-state index is -0.655. The average molecular weight is 354 g/mol. The summed E-state index contributed by atoms with van der Waals surface area (Å²) in [6.07, 6.45) is 3.09. The monoisotopic (exact) mass is 354 g/mol. The summed E-state index contributed by atoms with van der Waals surface area (Å²) in [5, 5.41) is 30.7. The molecule has 1 aliphatic heterocycles. The molecule has 3 N–H and O–H groups in total. The van der Waals surface area contributed by atoms with E-state index >= 15 is 0 Å². The zero-order chi connectivity index (χ0) is 18.1. The van der Waals surface area contributed by atoms with Crippen molar-refractivity contribution in [3.8, 4) is 5.75 Å². The maximum Gasteiger partial charge on any atom is 0.133 e. The number of benzene rings is 1. The standard InChI is InChI=1S/C21H26N2O3/c24-18-6-7-19(22-11-18)20(25)14-23-12-16-9-21(26,10-17(16)13-23)8-15-4-2-1-3-5-15/h1-7,11,16-17,20,24-26H,8-10,12-14H2/t16-,17+,20?,21?. The van der Waals surface area contributed by atoms with Gasteiger partial charge in [0.15, 0.2) is 0 Å². The Hall–Kier alpha value is -1.95. The van der Waals surface area contributed by atoms with Gasteiger partial charge in [-0.1, -0.05) is 30.3 Å². The molecule has 138 valence electrons. The Balaban J connectivity index is 1.32. The van der Waals surface area contributed by atoms with E-state index in [0.29, 0.717) is 24.1 Å². The molecule has 2 unspecified atom stereocenters. The van der Waals surface area contributed by atoms with Crippen LogP contribution in [0, 0.1) is 11.8 Å². The quantitative estimate of drug-likeness (QED) is 0.767.